The van der Waals surface area contributed by atoms with E-state index in [1.165, 1.54) is 7.11 Å². The summed E-state index contributed by atoms with van der Waals surface area (Å²) in [6.07, 6.45) is 0. The monoisotopic (exact) mass is 291 g/mol. The highest BCUT2D eigenvalue weighted by Crippen LogP contribution is 2.34. The first-order valence-corrected chi connectivity index (χ1v) is 6.31. The predicted octanol–water partition coefficient (Wildman–Crippen LogP) is 3.81. The Kier molecular flexibility index (Phi) is 4.15. The SMILES string of the molecule is COC(=O)c1cccc(N)c1Oc1ccc(Cl)cc1C. The third-order valence-electron chi connectivity index (χ3n) is 2.80. The molecular weight excluding hydrogens is 278 g/mol. The van der Waals surface area contributed by atoms with Gasteiger partial charge in [0.25, 0.3) is 0 Å². The van der Waals surface area contributed by atoms with E-state index in [0.29, 0.717) is 16.5 Å². The van der Waals surface area contributed by atoms with Crippen LogP contribution in [-0.2, 0) is 4.74 Å². The Hall–Kier alpha value is -2.20. The van der Waals surface area contributed by atoms with Crippen molar-refractivity contribution in [3.05, 3.63) is 52.5 Å². The molecule has 0 radical (unpaired) electrons. The van der Waals surface area contributed by atoms with Crippen LogP contribution in [0.15, 0.2) is 36.4 Å². The van der Waals surface area contributed by atoms with E-state index < -0.39 is 5.97 Å². The average molecular weight is 292 g/mol. The molecule has 0 heterocycles. The van der Waals surface area contributed by atoms with E-state index >= 15 is 0 Å². The number of esters is 1. The van der Waals surface area contributed by atoms with Gasteiger partial charge in [-0.15, -0.1) is 0 Å². The van der Waals surface area contributed by atoms with Crippen LogP contribution in [-0.4, -0.2) is 13.1 Å². The lowest BCUT2D eigenvalue weighted by atomic mass is 10.1. The van der Waals surface area contributed by atoms with Gasteiger partial charge in [0.1, 0.15) is 11.3 Å². The highest BCUT2D eigenvalue weighted by Gasteiger charge is 2.17. The first-order valence-electron chi connectivity index (χ1n) is 5.93. The molecule has 2 N–H and O–H groups in total. The van der Waals surface area contributed by atoms with Crippen molar-refractivity contribution in [2.75, 3.05) is 12.8 Å². The molecule has 2 aromatic rings. The Morgan fingerprint density at radius 3 is 2.65 bits per heavy atom. The summed E-state index contributed by atoms with van der Waals surface area (Å²) in [7, 11) is 1.31. The standard InChI is InChI=1S/C15H14ClNO3/c1-9-8-10(16)6-7-13(9)20-14-11(15(18)19-2)4-3-5-12(14)17/h3-8H,17H2,1-2H3. The number of anilines is 1. The number of aryl methyl sites for hydroxylation is 1. The number of rotatable bonds is 3. The molecule has 4 nitrogen and oxygen atoms in total. The number of ether oxygens (including phenoxy) is 2. The Balaban J connectivity index is 2.45. The highest BCUT2D eigenvalue weighted by atomic mass is 35.5. The zero-order chi connectivity index (χ0) is 14.7. The molecular formula is C15H14ClNO3. The summed E-state index contributed by atoms with van der Waals surface area (Å²) in [6, 6.07) is 10.1. The lowest BCUT2D eigenvalue weighted by Gasteiger charge is -2.14. The molecule has 0 aromatic heterocycles. The zero-order valence-electron chi connectivity index (χ0n) is 11.1. The predicted molar refractivity (Wildman–Crippen MR) is 78.5 cm³/mol. The van der Waals surface area contributed by atoms with Gasteiger partial charge in [-0.3, -0.25) is 0 Å². The molecule has 0 fully saturated rings. The molecule has 0 saturated carbocycles. The van der Waals surface area contributed by atoms with Crippen LogP contribution in [0.25, 0.3) is 0 Å². The molecule has 0 atom stereocenters. The van der Waals surface area contributed by atoms with Crippen molar-refractivity contribution in [3.8, 4) is 11.5 Å². The number of carbonyl (C=O) groups is 1. The van der Waals surface area contributed by atoms with E-state index in [1.807, 2.05) is 6.92 Å². The van der Waals surface area contributed by atoms with E-state index in [9.17, 15) is 4.79 Å². The van der Waals surface area contributed by atoms with E-state index in [2.05, 4.69) is 0 Å². The third-order valence-corrected chi connectivity index (χ3v) is 3.03. The Labute approximate surface area is 122 Å². The van der Waals surface area contributed by atoms with Crippen molar-refractivity contribution in [1.29, 1.82) is 0 Å². The summed E-state index contributed by atoms with van der Waals surface area (Å²) in [6.45, 7) is 1.86. The Morgan fingerprint density at radius 2 is 2.00 bits per heavy atom. The van der Waals surface area contributed by atoms with Gasteiger partial charge in [0.15, 0.2) is 5.75 Å². The second-order valence-corrected chi connectivity index (χ2v) is 4.66. The minimum Gasteiger partial charge on any atom is -0.465 e. The summed E-state index contributed by atoms with van der Waals surface area (Å²) in [5.74, 6) is 0.362. The van der Waals surface area contributed by atoms with Crippen molar-refractivity contribution < 1.29 is 14.3 Å². The zero-order valence-corrected chi connectivity index (χ0v) is 11.9. The van der Waals surface area contributed by atoms with Gasteiger partial charge in [-0.2, -0.15) is 0 Å². The summed E-state index contributed by atoms with van der Waals surface area (Å²) in [5, 5.41) is 0.615. The maximum atomic E-state index is 11.7. The molecule has 5 heteroatoms. The minimum absolute atomic E-state index is 0.279. The number of para-hydroxylation sites is 1. The maximum Gasteiger partial charge on any atom is 0.341 e. The van der Waals surface area contributed by atoms with Crippen molar-refractivity contribution in [2.45, 2.75) is 6.92 Å². The molecule has 20 heavy (non-hydrogen) atoms. The molecule has 0 aliphatic heterocycles. The van der Waals surface area contributed by atoms with Crippen LogP contribution in [0, 0.1) is 6.92 Å². The summed E-state index contributed by atoms with van der Waals surface area (Å²) in [5.41, 5.74) is 7.37. The van der Waals surface area contributed by atoms with Gasteiger partial charge in [0, 0.05) is 5.02 Å². The number of carbonyl (C=O) groups excluding carboxylic acids is 1. The fourth-order valence-corrected chi connectivity index (χ4v) is 2.00. The number of nitrogen functional groups attached to an aromatic ring is 1. The van der Waals surface area contributed by atoms with E-state index in [1.54, 1.807) is 36.4 Å². The summed E-state index contributed by atoms with van der Waals surface area (Å²) in [4.78, 5) is 11.7. The second-order valence-electron chi connectivity index (χ2n) is 4.23. The number of methoxy groups -OCH3 is 1. The van der Waals surface area contributed by atoms with Crippen LogP contribution < -0.4 is 10.5 Å². The molecule has 104 valence electrons. The number of hydrogen-bond donors (Lipinski definition) is 1. The molecule has 0 aliphatic rings. The van der Waals surface area contributed by atoms with Gasteiger partial charge in [-0.05, 0) is 42.8 Å². The lowest BCUT2D eigenvalue weighted by Crippen LogP contribution is -2.06. The minimum atomic E-state index is -0.501. The lowest BCUT2D eigenvalue weighted by molar-refractivity contribution is 0.0598. The molecule has 0 amide bonds. The van der Waals surface area contributed by atoms with Crippen molar-refractivity contribution in [1.82, 2.24) is 0 Å². The Morgan fingerprint density at radius 1 is 1.25 bits per heavy atom. The van der Waals surface area contributed by atoms with E-state index in [0.717, 1.165) is 5.56 Å². The second kappa shape index (κ2) is 5.84. The van der Waals surface area contributed by atoms with Gasteiger partial charge in [0.2, 0.25) is 0 Å². The topological polar surface area (TPSA) is 61.5 Å². The molecule has 0 unspecified atom stereocenters. The van der Waals surface area contributed by atoms with Crippen LogP contribution in [0.2, 0.25) is 5.02 Å². The van der Waals surface area contributed by atoms with Crippen LogP contribution in [0.4, 0.5) is 5.69 Å². The fraction of sp³-hybridized carbons (Fsp3) is 0.133. The Bertz CT molecular complexity index is 656. The van der Waals surface area contributed by atoms with Crippen LogP contribution >= 0.6 is 11.6 Å². The van der Waals surface area contributed by atoms with E-state index in [-0.39, 0.29) is 11.3 Å². The molecule has 0 spiro atoms. The largest absolute Gasteiger partial charge is 0.465 e. The highest BCUT2D eigenvalue weighted by molar-refractivity contribution is 6.30. The first-order chi connectivity index (χ1) is 9.52. The number of benzene rings is 2. The van der Waals surface area contributed by atoms with Crippen molar-refractivity contribution in [3.63, 3.8) is 0 Å². The van der Waals surface area contributed by atoms with Gasteiger partial charge in [0.05, 0.1) is 12.8 Å². The molecule has 0 bridgehead atoms. The van der Waals surface area contributed by atoms with Gasteiger partial charge >= 0.3 is 5.97 Å². The summed E-state index contributed by atoms with van der Waals surface area (Å²) >= 11 is 5.90. The summed E-state index contributed by atoms with van der Waals surface area (Å²) < 4.78 is 10.5. The molecule has 2 aromatic carbocycles. The quantitative estimate of drug-likeness (QED) is 0.690. The number of hydrogen-bond acceptors (Lipinski definition) is 4. The van der Waals surface area contributed by atoms with E-state index in [4.69, 9.17) is 26.8 Å². The van der Waals surface area contributed by atoms with Gasteiger partial charge < -0.3 is 15.2 Å². The molecule has 2 rings (SSSR count). The molecule has 0 aliphatic carbocycles. The molecule has 0 saturated heterocycles. The maximum absolute atomic E-state index is 11.7. The number of halogens is 1. The van der Waals surface area contributed by atoms with Crippen LogP contribution in [0.3, 0.4) is 0 Å². The first kappa shape index (κ1) is 14.2. The van der Waals surface area contributed by atoms with Crippen LogP contribution in [0.5, 0.6) is 11.5 Å². The van der Waals surface area contributed by atoms with Gasteiger partial charge in [-0.1, -0.05) is 17.7 Å². The fourth-order valence-electron chi connectivity index (χ4n) is 1.78. The van der Waals surface area contributed by atoms with Crippen LogP contribution in [0.1, 0.15) is 15.9 Å². The number of nitrogens with two attached hydrogens (primary N) is 1. The van der Waals surface area contributed by atoms with Crippen molar-refractivity contribution >= 4 is 23.3 Å². The third kappa shape index (κ3) is 2.86. The average Bonchev–Trinajstić information content (AvgIpc) is 2.42. The smallest absolute Gasteiger partial charge is 0.341 e. The van der Waals surface area contributed by atoms with Gasteiger partial charge in [-0.25, -0.2) is 4.79 Å². The van der Waals surface area contributed by atoms with Crippen molar-refractivity contribution in [2.24, 2.45) is 0 Å². The normalized spacial score (nSPS) is 10.2.